The van der Waals surface area contributed by atoms with Crippen molar-refractivity contribution in [2.45, 2.75) is 39.5 Å². The van der Waals surface area contributed by atoms with Crippen molar-refractivity contribution in [3.8, 4) is 11.5 Å². The molecule has 1 saturated heterocycles. The quantitative estimate of drug-likeness (QED) is 0.287. The van der Waals surface area contributed by atoms with Crippen LogP contribution in [-0.2, 0) is 9.59 Å². The number of unbranched alkanes of at least 4 members (excludes halogenated alkanes) is 3. The summed E-state index contributed by atoms with van der Waals surface area (Å²) in [6, 6.07) is 10.9. The predicted molar refractivity (Wildman–Crippen MR) is 128 cm³/mol. The van der Waals surface area contributed by atoms with E-state index >= 15 is 0 Å². The topological polar surface area (TPSA) is 84.9 Å². The summed E-state index contributed by atoms with van der Waals surface area (Å²) in [5.41, 5.74) is 0.645. The zero-order chi connectivity index (χ0) is 23.8. The van der Waals surface area contributed by atoms with E-state index < -0.39 is 17.8 Å². The van der Waals surface area contributed by atoms with Gasteiger partial charge < -0.3 is 9.47 Å². The highest BCUT2D eigenvalue weighted by molar-refractivity contribution is 6.39. The second-order valence-corrected chi connectivity index (χ2v) is 7.87. The van der Waals surface area contributed by atoms with Gasteiger partial charge in [-0.1, -0.05) is 56.0 Å². The van der Waals surface area contributed by atoms with Crippen LogP contribution in [0.5, 0.6) is 11.5 Å². The average Bonchev–Trinajstić information content (AvgIpc) is 2.79. The van der Waals surface area contributed by atoms with Gasteiger partial charge in [-0.15, -0.1) is 0 Å². The normalized spacial score (nSPS) is 15.1. The lowest BCUT2D eigenvalue weighted by Crippen LogP contribution is -2.54. The van der Waals surface area contributed by atoms with Crippen molar-refractivity contribution in [1.82, 2.24) is 5.32 Å². The average molecular weight is 471 g/mol. The summed E-state index contributed by atoms with van der Waals surface area (Å²) in [6.45, 7) is 4.88. The van der Waals surface area contributed by atoms with E-state index in [-0.39, 0.29) is 5.57 Å². The molecule has 1 heterocycles. The molecular formula is C25H27ClN2O5. The van der Waals surface area contributed by atoms with Crippen molar-refractivity contribution >= 4 is 41.2 Å². The lowest BCUT2D eigenvalue weighted by molar-refractivity contribution is -0.122. The third-order valence-electron chi connectivity index (χ3n) is 5.00. The van der Waals surface area contributed by atoms with Crippen LogP contribution in [-0.4, -0.2) is 31.1 Å². The maximum absolute atomic E-state index is 13.0. The van der Waals surface area contributed by atoms with Crippen LogP contribution in [0.15, 0.2) is 48.0 Å². The molecule has 0 unspecified atom stereocenters. The molecule has 0 atom stereocenters. The van der Waals surface area contributed by atoms with Crippen molar-refractivity contribution < 1.29 is 23.9 Å². The van der Waals surface area contributed by atoms with Crippen LogP contribution < -0.4 is 19.7 Å². The van der Waals surface area contributed by atoms with Crippen molar-refractivity contribution in [3.05, 3.63) is 58.6 Å². The van der Waals surface area contributed by atoms with Gasteiger partial charge in [0.2, 0.25) is 0 Å². The van der Waals surface area contributed by atoms with Gasteiger partial charge in [0.05, 0.1) is 23.9 Å². The van der Waals surface area contributed by atoms with Gasteiger partial charge in [0, 0.05) is 0 Å². The number of barbiturate groups is 1. The summed E-state index contributed by atoms with van der Waals surface area (Å²) in [4.78, 5) is 38.7. The molecule has 0 saturated carbocycles. The van der Waals surface area contributed by atoms with Gasteiger partial charge in [0.25, 0.3) is 11.8 Å². The van der Waals surface area contributed by atoms with Gasteiger partial charge in [0.15, 0.2) is 11.5 Å². The van der Waals surface area contributed by atoms with E-state index in [2.05, 4.69) is 12.2 Å². The SMILES string of the molecule is CCCCCCOc1c(Cl)cc(/C=C2/C(=O)NC(=O)N(c3ccccc3)C2=O)cc1OCC. The molecule has 174 valence electrons. The fraction of sp³-hybridized carbons (Fsp3) is 0.320. The number of urea groups is 1. The summed E-state index contributed by atoms with van der Waals surface area (Å²) in [5, 5.41) is 2.52. The third kappa shape index (κ3) is 5.93. The van der Waals surface area contributed by atoms with Crippen LogP contribution in [0.25, 0.3) is 6.08 Å². The van der Waals surface area contributed by atoms with Gasteiger partial charge in [0.1, 0.15) is 5.57 Å². The van der Waals surface area contributed by atoms with E-state index in [1.807, 2.05) is 6.92 Å². The number of halogens is 1. The fourth-order valence-corrected chi connectivity index (χ4v) is 3.69. The van der Waals surface area contributed by atoms with Crippen molar-refractivity contribution in [2.24, 2.45) is 0 Å². The minimum atomic E-state index is -0.798. The number of rotatable bonds is 10. The van der Waals surface area contributed by atoms with Gasteiger partial charge >= 0.3 is 6.03 Å². The molecule has 33 heavy (non-hydrogen) atoms. The van der Waals surface area contributed by atoms with Crippen molar-refractivity contribution in [3.63, 3.8) is 0 Å². The first kappa shape index (κ1) is 24.3. The smallest absolute Gasteiger partial charge is 0.335 e. The molecule has 8 heteroatoms. The number of nitrogens with one attached hydrogen (secondary N) is 1. The van der Waals surface area contributed by atoms with Gasteiger partial charge in [-0.25, -0.2) is 9.69 Å². The molecule has 0 aliphatic carbocycles. The Labute approximate surface area is 198 Å². The van der Waals surface area contributed by atoms with E-state index in [9.17, 15) is 14.4 Å². The highest BCUT2D eigenvalue weighted by Crippen LogP contribution is 2.37. The minimum absolute atomic E-state index is 0.190. The van der Waals surface area contributed by atoms with Crippen molar-refractivity contribution in [1.29, 1.82) is 0 Å². The summed E-state index contributed by atoms with van der Waals surface area (Å²) in [5.74, 6) is -0.646. The number of carbonyl (C=O) groups is 3. The molecule has 2 aromatic rings. The standard InChI is InChI=1S/C25H27ClN2O5/c1-3-5-6-10-13-33-22-20(26)15-17(16-21(22)32-4-2)14-19-23(29)27-25(31)28(24(19)30)18-11-8-7-9-12-18/h7-9,11-12,14-16H,3-6,10,13H2,1-2H3,(H,27,29,31)/b19-14-. The maximum Gasteiger partial charge on any atom is 0.335 e. The highest BCUT2D eigenvalue weighted by Gasteiger charge is 2.36. The monoisotopic (exact) mass is 470 g/mol. The first-order chi connectivity index (χ1) is 16.0. The molecule has 0 radical (unpaired) electrons. The highest BCUT2D eigenvalue weighted by atomic mass is 35.5. The number of para-hydroxylation sites is 1. The second-order valence-electron chi connectivity index (χ2n) is 7.47. The Morgan fingerprint density at radius 1 is 1.00 bits per heavy atom. The number of carbonyl (C=O) groups excluding carboxylic acids is 3. The number of ether oxygens (including phenoxy) is 2. The zero-order valence-corrected chi connectivity index (χ0v) is 19.5. The lowest BCUT2D eigenvalue weighted by atomic mass is 10.1. The zero-order valence-electron chi connectivity index (χ0n) is 18.7. The molecule has 7 nitrogen and oxygen atoms in total. The van der Waals surface area contributed by atoms with Crippen LogP contribution in [0.1, 0.15) is 45.1 Å². The molecule has 1 aliphatic heterocycles. The lowest BCUT2D eigenvalue weighted by Gasteiger charge is -2.26. The summed E-state index contributed by atoms with van der Waals surface area (Å²) in [6.07, 6.45) is 5.63. The number of imide groups is 2. The Morgan fingerprint density at radius 3 is 2.45 bits per heavy atom. The third-order valence-corrected chi connectivity index (χ3v) is 5.28. The molecular weight excluding hydrogens is 444 g/mol. The number of amides is 4. The first-order valence-corrected chi connectivity index (χ1v) is 11.4. The Morgan fingerprint density at radius 2 is 1.76 bits per heavy atom. The van der Waals surface area contributed by atoms with E-state index in [4.69, 9.17) is 21.1 Å². The minimum Gasteiger partial charge on any atom is -0.490 e. The summed E-state index contributed by atoms with van der Waals surface area (Å²) >= 11 is 6.46. The molecule has 4 amide bonds. The van der Waals surface area contributed by atoms with Crippen molar-refractivity contribution in [2.75, 3.05) is 18.1 Å². The number of hydrogen-bond acceptors (Lipinski definition) is 5. The first-order valence-electron chi connectivity index (χ1n) is 11.0. The van der Waals surface area contributed by atoms with Crippen LogP contribution in [0.3, 0.4) is 0 Å². The van der Waals surface area contributed by atoms with E-state index in [0.717, 1.165) is 30.6 Å². The van der Waals surface area contributed by atoms with Crippen LogP contribution >= 0.6 is 11.6 Å². The van der Waals surface area contributed by atoms with Crippen LogP contribution in [0.4, 0.5) is 10.5 Å². The fourth-order valence-electron chi connectivity index (χ4n) is 3.41. The molecule has 0 aromatic heterocycles. The number of hydrogen-bond donors (Lipinski definition) is 1. The Balaban J connectivity index is 1.89. The van der Waals surface area contributed by atoms with Gasteiger partial charge in [-0.2, -0.15) is 0 Å². The van der Waals surface area contributed by atoms with E-state index in [1.54, 1.807) is 42.5 Å². The second kappa shape index (κ2) is 11.5. The Bertz CT molecular complexity index is 1050. The molecule has 3 rings (SSSR count). The molecule has 1 aliphatic rings. The van der Waals surface area contributed by atoms with Crippen LogP contribution in [0.2, 0.25) is 5.02 Å². The summed E-state index contributed by atoms with van der Waals surface area (Å²) in [7, 11) is 0. The Hall–Kier alpha value is -3.32. The Kier molecular flexibility index (Phi) is 8.49. The van der Waals surface area contributed by atoms with E-state index in [0.29, 0.717) is 41.0 Å². The molecule has 0 spiro atoms. The molecule has 1 fully saturated rings. The van der Waals surface area contributed by atoms with E-state index in [1.165, 1.54) is 6.08 Å². The largest absolute Gasteiger partial charge is 0.490 e. The number of anilines is 1. The molecule has 1 N–H and O–H groups in total. The maximum atomic E-state index is 13.0. The van der Waals surface area contributed by atoms with Crippen LogP contribution in [0, 0.1) is 0 Å². The van der Waals surface area contributed by atoms with Gasteiger partial charge in [-0.3, -0.25) is 14.9 Å². The molecule has 0 bridgehead atoms. The molecule has 2 aromatic carbocycles. The number of nitrogens with zero attached hydrogens (tertiary/aromatic N) is 1. The summed E-state index contributed by atoms with van der Waals surface area (Å²) < 4.78 is 11.6. The van der Waals surface area contributed by atoms with Gasteiger partial charge in [-0.05, 0) is 49.2 Å². The number of benzene rings is 2. The predicted octanol–water partition coefficient (Wildman–Crippen LogP) is 5.36.